The minimum Gasteiger partial charge on any atom is -0.395 e. The third-order valence-corrected chi connectivity index (χ3v) is 6.31. The predicted octanol–water partition coefficient (Wildman–Crippen LogP) is 5.36. The summed E-state index contributed by atoms with van der Waals surface area (Å²) in [5.41, 5.74) is 0.429. The van der Waals surface area contributed by atoms with Crippen molar-refractivity contribution in [3.63, 3.8) is 0 Å². The zero-order chi connectivity index (χ0) is 26.2. The van der Waals surface area contributed by atoms with Crippen molar-refractivity contribution in [2.24, 2.45) is 5.92 Å². The highest BCUT2D eigenvalue weighted by Gasteiger charge is 2.30. The van der Waals surface area contributed by atoms with Gasteiger partial charge in [0, 0.05) is 50.5 Å². The van der Waals surface area contributed by atoms with Crippen LogP contribution in [0.25, 0.3) is 0 Å². The molecule has 0 saturated heterocycles. The minimum atomic E-state index is -4.44. The summed E-state index contributed by atoms with van der Waals surface area (Å²) < 4.78 is 43.9. The Bertz CT molecular complexity index is 944. The van der Waals surface area contributed by atoms with Gasteiger partial charge >= 0.3 is 12.2 Å². The zero-order valence-electron chi connectivity index (χ0n) is 20.3. The molecule has 0 heterocycles. The molecule has 10 heteroatoms. The number of methoxy groups -OCH3 is 1. The Morgan fingerprint density at radius 2 is 1.74 bits per heavy atom. The van der Waals surface area contributed by atoms with Crippen LogP contribution in [0.2, 0.25) is 5.02 Å². The number of aliphatic hydroxyl groups excluding tert-OH is 1. The van der Waals surface area contributed by atoms with Gasteiger partial charge in [-0.25, -0.2) is 4.79 Å². The van der Waals surface area contributed by atoms with E-state index in [2.05, 4.69) is 10.2 Å². The van der Waals surface area contributed by atoms with E-state index in [1.165, 1.54) is 17.0 Å². The first-order valence-corrected chi connectivity index (χ1v) is 11.6. The second kappa shape index (κ2) is 13.1. The summed E-state index contributed by atoms with van der Waals surface area (Å²) in [6.07, 6.45) is -4.76. The smallest absolute Gasteiger partial charge is 0.395 e. The quantitative estimate of drug-likeness (QED) is 0.423. The van der Waals surface area contributed by atoms with E-state index in [0.29, 0.717) is 18.1 Å². The Morgan fingerprint density at radius 3 is 2.29 bits per heavy atom. The average Bonchev–Trinajstić information content (AvgIpc) is 2.82. The van der Waals surface area contributed by atoms with Crippen LogP contribution in [0.3, 0.4) is 0 Å². The molecule has 0 bridgehead atoms. The highest BCUT2D eigenvalue weighted by Crippen LogP contribution is 2.30. The van der Waals surface area contributed by atoms with E-state index in [1.54, 1.807) is 14.2 Å². The maximum absolute atomic E-state index is 12.7. The van der Waals surface area contributed by atoms with E-state index < -0.39 is 17.8 Å². The van der Waals surface area contributed by atoms with Gasteiger partial charge in [0.15, 0.2) is 0 Å². The van der Waals surface area contributed by atoms with Gasteiger partial charge in [-0.2, -0.15) is 13.2 Å². The average molecular weight is 516 g/mol. The van der Waals surface area contributed by atoms with Gasteiger partial charge in [0.1, 0.15) is 0 Å². The van der Waals surface area contributed by atoms with Crippen LogP contribution in [0.5, 0.6) is 0 Å². The molecule has 0 aromatic heterocycles. The highest BCUT2D eigenvalue weighted by molar-refractivity contribution is 6.31. The Hall–Kier alpha value is -2.33. The van der Waals surface area contributed by atoms with Crippen molar-refractivity contribution in [3.8, 4) is 0 Å². The molecule has 2 amide bonds. The molecule has 0 spiro atoms. The zero-order valence-corrected chi connectivity index (χ0v) is 21.1. The molecular weight excluding hydrogens is 483 g/mol. The van der Waals surface area contributed by atoms with Gasteiger partial charge in [-0.15, -0.1) is 0 Å². The van der Waals surface area contributed by atoms with Gasteiger partial charge in [0.25, 0.3) is 0 Å². The van der Waals surface area contributed by atoms with Crippen LogP contribution in [0.4, 0.5) is 23.7 Å². The Morgan fingerprint density at radius 1 is 1.11 bits per heavy atom. The summed E-state index contributed by atoms with van der Waals surface area (Å²) in [5.74, 6) is -0.0159. The molecule has 0 unspecified atom stereocenters. The van der Waals surface area contributed by atoms with Crippen molar-refractivity contribution in [3.05, 3.63) is 64.7 Å². The van der Waals surface area contributed by atoms with Crippen molar-refractivity contribution in [1.29, 1.82) is 0 Å². The first-order chi connectivity index (χ1) is 16.5. The lowest BCUT2D eigenvalue weighted by Gasteiger charge is -2.34. The molecule has 0 fully saturated rings. The SMILES string of the molecule is CO[C@H](CN(C)C(=O)Nc1ccc(C(F)(F)F)cc1)[C@@H](C)CN(Cc1ccccc1Cl)[C@@H](C)CO. The molecule has 194 valence electrons. The molecule has 0 aliphatic carbocycles. The minimum absolute atomic E-state index is 0.0159. The second-order valence-corrected chi connectivity index (χ2v) is 9.10. The number of alkyl halides is 3. The molecule has 35 heavy (non-hydrogen) atoms. The maximum Gasteiger partial charge on any atom is 0.416 e. The lowest BCUT2D eigenvalue weighted by molar-refractivity contribution is -0.137. The number of rotatable bonds is 11. The fourth-order valence-corrected chi connectivity index (χ4v) is 3.85. The first-order valence-electron chi connectivity index (χ1n) is 11.3. The number of hydrogen-bond acceptors (Lipinski definition) is 4. The van der Waals surface area contributed by atoms with Crippen molar-refractivity contribution in [1.82, 2.24) is 9.80 Å². The number of halogens is 4. The third kappa shape index (κ3) is 8.68. The van der Waals surface area contributed by atoms with E-state index >= 15 is 0 Å². The molecular formula is C25H33ClF3N3O3. The van der Waals surface area contributed by atoms with Crippen LogP contribution in [-0.4, -0.2) is 66.9 Å². The molecule has 0 radical (unpaired) electrons. The van der Waals surface area contributed by atoms with Crippen molar-refractivity contribution in [2.75, 3.05) is 39.2 Å². The van der Waals surface area contributed by atoms with Gasteiger partial charge < -0.3 is 20.1 Å². The second-order valence-electron chi connectivity index (χ2n) is 8.69. The number of nitrogens with one attached hydrogen (secondary N) is 1. The number of likely N-dealkylation sites (N-methyl/N-ethyl adjacent to an activating group) is 1. The molecule has 3 atom stereocenters. The molecule has 2 aromatic carbocycles. The van der Waals surface area contributed by atoms with E-state index in [0.717, 1.165) is 17.7 Å². The van der Waals surface area contributed by atoms with Crippen molar-refractivity contribution >= 4 is 23.3 Å². The number of urea groups is 1. The maximum atomic E-state index is 12.7. The molecule has 0 aliphatic rings. The summed E-state index contributed by atoms with van der Waals surface area (Å²) in [6, 6.07) is 11.2. The predicted molar refractivity (Wildman–Crippen MR) is 131 cm³/mol. The summed E-state index contributed by atoms with van der Waals surface area (Å²) >= 11 is 6.32. The summed E-state index contributed by atoms with van der Waals surface area (Å²) in [4.78, 5) is 16.1. The Balaban J connectivity index is 2.00. The molecule has 0 saturated carbocycles. The monoisotopic (exact) mass is 515 g/mol. The number of benzene rings is 2. The highest BCUT2D eigenvalue weighted by atomic mass is 35.5. The number of ether oxygens (including phenoxy) is 1. The normalized spacial score (nSPS) is 14.5. The van der Waals surface area contributed by atoms with Crippen LogP contribution in [0.15, 0.2) is 48.5 Å². The van der Waals surface area contributed by atoms with Crippen LogP contribution in [0.1, 0.15) is 25.0 Å². The molecule has 6 nitrogen and oxygen atoms in total. The van der Waals surface area contributed by atoms with E-state index in [1.807, 2.05) is 38.1 Å². The van der Waals surface area contributed by atoms with E-state index in [9.17, 15) is 23.1 Å². The topological polar surface area (TPSA) is 65.0 Å². The standard InChI is InChI=1S/C25H33ClF3N3O3/c1-17(13-32(18(2)16-33)14-19-7-5-6-8-22(19)26)23(35-4)15-31(3)24(34)30-21-11-9-20(10-12-21)25(27,28)29/h5-12,17-18,23,33H,13-16H2,1-4H3,(H,30,34)/t17-,18-,23+/m0/s1. The number of carbonyl (C=O) groups is 1. The van der Waals surface area contributed by atoms with Gasteiger partial charge in [-0.05, 0) is 48.7 Å². The van der Waals surface area contributed by atoms with Crippen LogP contribution < -0.4 is 5.32 Å². The fraction of sp³-hybridized carbons (Fsp3) is 0.480. The van der Waals surface area contributed by atoms with Crippen molar-refractivity contribution in [2.45, 2.75) is 38.7 Å². The Labute approximate surface area is 209 Å². The number of carbonyl (C=O) groups excluding carboxylic acids is 1. The third-order valence-electron chi connectivity index (χ3n) is 5.94. The van der Waals surface area contributed by atoms with Gasteiger partial charge in [-0.1, -0.05) is 36.7 Å². The Kier molecular flexibility index (Phi) is 10.8. The van der Waals surface area contributed by atoms with Crippen LogP contribution >= 0.6 is 11.6 Å². The molecule has 2 rings (SSSR count). The van der Waals surface area contributed by atoms with E-state index in [-0.39, 0.29) is 36.9 Å². The lowest BCUT2D eigenvalue weighted by Crippen LogP contribution is -2.45. The summed E-state index contributed by atoms with van der Waals surface area (Å²) in [7, 11) is 3.16. The number of nitrogens with zero attached hydrogens (tertiary/aromatic N) is 2. The fourth-order valence-electron chi connectivity index (χ4n) is 3.65. The summed E-state index contributed by atoms with van der Waals surface area (Å²) in [6.45, 7) is 5.29. The number of anilines is 1. The summed E-state index contributed by atoms with van der Waals surface area (Å²) in [5, 5.41) is 13.0. The number of hydrogen-bond donors (Lipinski definition) is 2. The molecule has 2 aromatic rings. The van der Waals surface area contributed by atoms with Crippen LogP contribution in [-0.2, 0) is 17.5 Å². The molecule has 2 N–H and O–H groups in total. The van der Waals surface area contributed by atoms with Gasteiger partial charge in [0.05, 0.1) is 18.3 Å². The van der Waals surface area contributed by atoms with Gasteiger partial charge in [-0.3, -0.25) is 4.90 Å². The molecule has 0 aliphatic heterocycles. The number of aliphatic hydroxyl groups is 1. The largest absolute Gasteiger partial charge is 0.416 e. The van der Waals surface area contributed by atoms with Crippen molar-refractivity contribution < 1.29 is 27.8 Å². The van der Waals surface area contributed by atoms with Gasteiger partial charge in [0.2, 0.25) is 0 Å². The lowest BCUT2D eigenvalue weighted by atomic mass is 10.0. The first kappa shape index (κ1) is 28.9. The van der Waals surface area contributed by atoms with E-state index in [4.69, 9.17) is 16.3 Å². The number of amides is 2. The van der Waals surface area contributed by atoms with Crippen LogP contribution in [0, 0.1) is 5.92 Å².